The number of nitrogens with one attached hydrogen (secondary N) is 1. The smallest absolute Gasteiger partial charge is 0.243 e. The lowest BCUT2D eigenvalue weighted by atomic mass is 9.98. The zero-order chi connectivity index (χ0) is 20.5. The predicted octanol–water partition coefficient (Wildman–Crippen LogP) is 4.87. The summed E-state index contributed by atoms with van der Waals surface area (Å²) < 4.78 is 29.1. The summed E-state index contributed by atoms with van der Waals surface area (Å²) in [6.45, 7) is 4.51. The van der Waals surface area contributed by atoms with Crippen molar-refractivity contribution in [2.75, 3.05) is 18.4 Å². The first-order chi connectivity index (χ1) is 13.2. The van der Waals surface area contributed by atoms with E-state index in [4.69, 9.17) is 0 Å². The number of nitrogens with zero attached hydrogens (tertiary/aromatic N) is 1. The molecule has 0 bridgehead atoms. The standard InChI is InChI=1S/C20H22Br2N2O3S/c1-13-10-17(22)11-14(2)19(13)23-20(25)15-4-3-9-24(12-15)28(26,27)18-7-5-16(21)6-8-18/h5-8,10-11,15H,3-4,9,12H2,1-2H3,(H,23,25). The Balaban J connectivity index is 1.76. The molecular formula is C20H22Br2N2O3S. The van der Waals surface area contributed by atoms with Crippen LogP contribution < -0.4 is 5.32 Å². The van der Waals surface area contributed by atoms with E-state index < -0.39 is 10.0 Å². The SMILES string of the molecule is Cc1cc(Br)cc(C)c1NC(=O)C1CCCN(S(=O)(=O)c2ccc(Br)cc2)C1. The molecule has 0 saturated carbocycles. The van der Waals surface area contributed by atoms with Crippen molar-refractivity contribution in [1.82, 2.24) is 4.31 Å². The summed E-state index contributed by atoms with van der Waals surface area (Å²) in [6, 6.07) is 10.5. The van der Waals surface area contributed by atoms with E-state index in [0.717, 1.165) is 25.8 Å². The maximum atomic E-state index is 12.9. The lowest BCUT2D eigenvalue weighted by Gasteiger charge is -2.31. The van der Waals surface area contributed by atoms with Gasteiger partial charge in [0.1, 0.15) is 0 Å². The van der Waals surface area contributed by atoms with Crippen molar-refractivity contribution in [3.63, 3.8) is 0 Å². The molecule has 0 spiro atoms. The van der Waals surface area contributed by atoms with E-state index >= 15 is 0 Å². The average Bonchev–Trinajstić information content (AvgIpc) is 2.65. The maximum absolute atomic E-state index is 12.9. The van der Waals surface area contributed by atoms with Crippen molar-refractivity contribution >= 4 is 53.5 Å². The number of piperidine rings is 1. The highest BCUT2D eigenvalue weighted by Crippen LogP contribution is 2.28. The topological polar surface area (TPSA) is 66.5 Å². The first-order valence-electron chi connectivity index (χ1n) is 9.02. The second kappa shape index (κ2) is 8.65. The third-order valence-corrected chi connectivity index (χ3v) is 7.82. The lowest BCUT2D eigenvalue weighted by Crippen LogP contribution is -2.43. The maximum Gasteiger partial charge on any atom is 0.243 e. The summed E-state index contributed by atoms with van der Waals surface area (Å²) in [5.41, 5.74) is 2.73. The van der Waals surface area contributed by atoms with Crippen LogP contribution in [0.2, 0.25) is 0 Å². The first-order valence-corrected chi connectivity index (χ1v) is 12.0. The van der Waals surface area contributed by atoms with Gasteiger partial charge < -0.3 is 5.32 Å². The minimum Gasteiger partial charge on any atom is -0.325 e. The van der Waals surface area contributed by atoms with Crippen LogP contribution in [0.25, 0.3) is 0 Å². The molecule has 8 heteroatoms. The molecule has 28 heavy (non-hydrogen) atoms. The molecule has 2 aromatic carbocycles. The molecule has 1 atom stereocenters. The Morgan fingerprint density at radius 1 is 1.07 bits per heavy atom. The number of amides is 1. The lowest BCUT2D eigenvalue weighted by molar-refractivity contribution is -0.120. The van der Waals surface area contributed by atoms with E-state index in [2.05, 4.69) is 37.2 Å². The highest BCUT2D eigenvalue weighted by Gasteiger charge is 2.33. The van der Waals surface area contributed by atoms with E-state index in [1.807, 2.05) is 26.0 Å². The van der Waals surface area contributed by atoms with Crippen molar-refractivity contribution in [2.24, 2.45) is 5.92 Å². The van der Waals surface area contributed by atoms with Crippen LogP contribution in [-0.2, 0) is 14.8 Å². The number of halogens is 2. The largest absolute Gasteiger partial charge is 0.325 e. The van der Waals surface area contributed by atoms with Crippen molar-refractivity contribution in [1.29, 1.82) is 0 Å². The number of carbonyl (C=O) groups excluding carboxylic acids is 1. The summed E-state index contributed by atoms with van der Waals surface area (Å²) in [4.78, 5) is 13.1. The quantitative estimate of drug-likeness (QED) is 0.614. The van der Waals surface area contributed by atoms with E-state index in [9.17, 15) is 13.2 Å². The molecule has 0 aromatic heterocycles. The van der Waals surface area contributed by atoms with Gasteiger partial charge in [-0.1, -0.05) is 31.9 Å². The normalized spacial score (nSPS) is 18.1. The molecule has 1 aliphatic heterocycles. The van der Waals surface area contributed by atoms with Crippen LogP contribution >= 0.6 is 31.9 Å². The van der Waals surface area contributed by atoms with Crippen LogP contribution in [0.1, 0.15) is 24.0 Å². The Morgan fingerprint density at radius 3 is 2.29 bits per heavy atom. The number of sulfonamides is 1. The molecule has 1 saturated heterocycles. The fourth-order valence-electron chi connectivity index (χ4n) is 3.46. The molecular weight excluding hydrogens is 508 g/mol. The molecule has 2 aromatic rings. The molecule has 3 rings (SSSR count). The molecule has 5 nitrogen and oxygen atoms in total. The molecule has 1 amide bonds. The van der Waals surface area contributed by atoms with Crippen LogP contribution in [-0.4, -0.2) is 31.7 Å². The molecule has 1 N–H and O–H groups in total. The molecule has 0 aliphatic carbocycles. The number of carbonyl (C=O) groups is 1. The van der Waals surface area contributed by atoms with Gasteiger partial charge in [0, 0.05) is 27.7 Å². The second-order valence-electron chi connectivity index (χ2n) is 7.06. The summed E-state index contributed by atoms with van der Waals surface area (Å²) in [7, 11) is -3.61. The Kier molecular flexibility index (Phi) is 6.64. The van der Waals surface area contributed by atoms with Gasteiger partial charge in [-0.2, -0.15) is 4.31 Å². The van der Waals surface area contributed by atoms with Crippen molar-refractivity contribution in [3.05, 3.63) is 56.5 Å². The average molecular weight is 530 g/mol. The van der Waals surface area contributed by atoms with Crippen LogP contribution in [0.15, 0.2) is 50.2 Å². The zero-order valence-electron chi connectivity index (χ0n) is 15.7. The van der Waals surface area contributed by atoms with Crippen LogP contribution in [0, 0.1) is 19.8 Å². The fraction of sp³-hybridized carbons (Fsp3) is 0.350. The highest BCUT2D eigenvalue weighted by atomic mass is 79.9. The van der Waals surface area contributed by atoms with Gasteiger partial charge in [-0.05, 0) is 74.2 Å². The first kappa shape index (κ1) is 21.5. The molecule has 1 unspecified atom stereocenters. The van der Waals surface area contributed by atoms with Crippen molar-refractivity contribution in [2.45, 2.75) is 31.6 Å². The molecule has 1 aliphatic rings. The molecule has 1 heterocycles. The van der Waals surface area contributed by atoms with Gasteiger partial charge >= 0.3 is 0 Å². The number of anilines is 1. The molecule has 150 valence electrons. The Morgan fingerprint density at radius 2 is 1.68 bits per heavy atom. The van der Waals surface area contributed by atoms with Crippen LogP contribution in [0.5, 0.6) is 0 Å². The van der Waals surface area contributed by atoms with Crippen LogP contribution in [0.4, 0.5) is 5.69 Å². The van der Waals surface area contributed by atoms with Gasteiger partial charge in [0.05, 0.1) is 10.8 Å². The summed E-state index contributed by atoms with van der Waals surface area (Å²) >= 11 is 6.78. The summed E-state index contributed by atoms with van der Waals surface area (Å²) in [6.07, 6.45) is 1.33. The molecule has 0 radical (unpaired) electrons. The number of hydrogen-bond donors (Lipinski definition) is 1. The minimum absolute atomic E-state index is 0.135. The van der Waals surface area contributed by atoms with E-state index in [1.165, 1.54) is 4.31 Å². The van der Waals surface area contributed by atoms with Gasteiger partial charge in [0.2, 0.25) is 15.9 Å². The van der Waals surface area contributed by atoms with Crippen LogP contribution in [0.3, 0.4) is 0 Å². The van der Waals surface area contributed by atoms with Gasteiger partial charge in [-0.25, -0.2) is 8.42 Å². The third-order valence-electron chi connectivity index (χ3n) is 4.95. The Labute approximate surface area is 182 Å². The van der Waals surface area contributed by atoms with Crippen molar-refractivity contribution in [3.8, 4) is 0 Å². The minimum atomic E-state index is -3.61. The molecule has 1 fully saturated rings. The number of benzene rings is 2. The number of rotatable bonds is 4. The summed E-state index contributed by atoms with van der Waals surface area (Å²) in [5, 5.41) is 3.01. The third kappa shape index (κ3) is 4.67. The zero-order valence-corrected chi connectivity index (χ0v) is 19.7. The van der Waals surface area contributed by atoms with E-state index in [-0.39, 0.29) is 23.3 Å². The number of aryl methyl sites for hydroxylation is 2. The van der Waals surface area contributed by atoms with E-state index in [0.29, 0.717) is 19.4 Å². The number of hydrogen-bond acceptors (Lipinski definition) is 3. The van der Waals surface area contributed by atoms with Gasteiger partial charge in [0.25, 0.3) is 0 Å². The highest BCUT2D eigenvalue weighted by molar-refractivity contribution is 9.10. The van der Waals surface area contributed by atoms with Crippen molar-refractivity contribution < 1.29 is 13.2 Å². The van der Waals surface area contributed by atoms with Gasteiger partial charge in [0.15, 0.2) is 0 Å². The Hall–Kier alpha value is -1.22. The van der Waals surface area contributed by atoms with Gasteiger partial charge in [-0.15, -0.1) is 0 Å². The van der Waals surface area contributed by atoms with Gasteiger partial charge in [-0.3, -0.25) is 4.79 Å². The summed E-state index contributed by atoms with van der Waals surface area (Å²) in [5.74, 6) is -0.509. The monoisotopic (exact) mass is 528 g/mol. The predicted molar refractivity (Wildman–Crippen MR) is 118 cm³/mol. The van der Waals surface area contributed by atoms with E-state index in [1.54, 1.807) is 24.3 Å². The second-order valence-corrected chi connectivity index (χ2v) is 10.8. The Bertz CT molecular complexity index is 968. The fourth-order valence-corrected chi connectivity index (χ4v) is 5.94.